The number of carbonyl (C=O) groups excluding carboxylic acids is 1. The summed E-state index contributed by atoms with van der Waals surface area (Å²) in [6.45, 7) is 3.93. The Morgan fingerprint density at radius 1 is 1.23 bits per heavy atom. The molecule has 1 aliphatic heterocycles. The zero-order chi connectivity index (χ0) is 15.6. The Morgan fingerprint density at radius 2 is 1.86 bits per heavy atom. The fourth-order valence-electron chi connectivity index (χ4n) is 5.78. The van der Waals surface area contributed by atoms with Crippen LogP contribution in [0.2, 0.25) is 0 Å². The minimum Gasteiger partial charge on any atom is -0.448 e. The molecule has 122 valence electrons. The van der Waals surface area contributed by atoms with E-state index in [0.717, 1.165) is 32.1 Å². The normalized spacial score (nSPS) is 44.9. The number of carbonyl (C=O) groups is 1. The van der Waals surface area contributed by atoms with E-state index in [-0.39, 0.29) is 11.4 Å². The smallest absolute Gasteiger partial charge is 0.294 e. The van der Waals surface area contributed by atoms with Crippen LogP contribution in [0.3, 0.4) is 0 Å². The van der Waals surface area contributed by atoms with Crippen molar-refractivity contribution in [3.05, 3.63) is 0 Å². The van der Waals surface area contributed by atoms with Crippen LogP contribution in [0.25, 0.3) is 0 Å². The summed E-state index contributed by atoms with van der Waals surface area (Å²) >= 11 is 0. The first-order chi connectivity index (χ1) is 10.4. The summed E-state index contributed by atoms with van der Waals surface area (Å²) in [6.07, 6.45) is 7.28. The Hall–Kier alpha value is -1.10. The van der Waals surface area contributed by atoms with Crippen molar-refractivity contribution in [2.24, 2.45) is 16.8 Å². The average molecular weight is 306 g/mol. The van der Waals surface area contributed by atoms with E-state index >= 15 is 0 Å². The second kappa shape index (κ2) is 4.47. The Kier molecular flexibility index (Phi) is 2.94. The Morgan fingerprint density at radius 3 is 2.36 bits per heavy atom. The molecular formula is C17H26N2O3. The first kappa shape index (κ1) is 14.5. The summed E-state index contributed by atoms with van der Waals surface area (Å²) < 4.78 is 5.94. The molecule has 5 nitrogen and oxygen atoms in total. The van der Waals surface area contributed by atoms with Gasteiger partial charge < -0.3 is 15.2 Å². The van der Waals surface area contributed by atoms with Crippen LogP contribution in [0.1, 0.15) is 65.2 Å². The molecule has 0 aromatic carbocycles. The van der Waals surface area contributed by atoms with Crippen LogP contribution in [0.5, 0.6) is 0 Å². The standard InChI is InChI=1S/C17H26N2O3/c1-3-17(4-2)13(20)18-14(22-17)19-15-6-11-5-12(7-15)9-16(21,8-11)10-15/h11-12,21H,3-10H2,1-2H3,(H,18,19,20). The lowest BCUT2D eigenvalue weighted by Crippen LogP contribution is -2.65. The highest BCUT2D eigenvalue weighted by Crippen LogP contribution is 2.57. The third-order valence-electron chi connectivity index (χ3n) is 6.43. The molecule has 4 bridgehead atoms. The molecular weight excluding hydrogens is 280 g/mol. The Labute approximate surface area is 131 Å². The van der Waals surface area contributed by atoms with Gasteiger partial charge in [-0.2, -0.15) is 4.99 Å². The van der Waals surface area contributed by atoms with Gasteiger partial charge in [0.15, 0.2) is 5.60 Å². The van der Waals surface area contributed by atoms with Gasteiger partial charge in [-0.3, -0.25) is 4.79 Å². The molecule has 0 aromatic heterocycles. The largest absolute Gasteiger partial charge is 0.448 e. The van der Waals surface area contributed by atoms with Gasteiger partial charge in [-0.25, -0.2) is 0 Å². The van der Waals surface area contributed by atoms with Crippen molar-refractivity contribution in [3.8, 4) is 0 Å². The minimum absolute atomic E-state index is 0.129. The zero-order valence-electron chi connectivity index (χ0n) is 13.5. The van der Waals surface area contributed by atoms with Crippen LogP contribution >= 0.6 is 0 Å². The molecule has 0 spiro atoms. The number of aliphatic imine (C=N–C) groups is 1. The van der Waals surface area contributed by atoms with Gasteiger partial charge in [-0.15, -0.1) is 0 Å². The summed E-state index contributed by atoms with van der Waals surface area (Å²) in [5, 5.41) is 14.3. The Bertz CT molecular complexity index is 524. The molecule has 4 aliphatic carbocycles. The summed E-state index contributed by atoms with van der Waals surface area (Å²) in [6, 6.07) is 0.388. The van der Waals surface area contributed by atoms with Gasteiger partial charge in [-0.1, -0.05) is 13.8 Å². The van der Waals surface area contributed by atoms with Gasteiger partial charge in [0.1, 0.15) is 0 Å². The van der Waals surface area contributed by atoms with Gasteiger partial charge >= 0.3 is 0 Å². The number of hydrogen-bond acceptors (Lipinski definition) is 4. The lowest BCUT2D eigenvalue weighted by Gasteiger charge is -2.60. The van der Waals surface area contributed by atoms with Crippen molar-refractivity contribution in [1.29, 1.82) is 0 Å². The van der Waals surface area contributed by atoms with Gasteiger partial charge in [0.25, 0.3) is 11.9 Å². The maximum atomic E-state index is 12.2. The van der Waals surface area contributed by atoms with Crippen molar-refractivity contribution >= 4 is 11.9 Å². The number of hydrogen-bond donors (Lipinski definition) is 2. The van der Waals surface area contributed by atoms with E-state index in [0.29, 0.717) is 30.7 Å². The summed E-state index contributed by atoms with van der Waals surface area (Å²) in [5.41, 5.74) is -1.43. The molecule has 5 heteroatoms. The van der Waals surface area contributed by atoms with Gasteiger partial charge in [0, 0.05) is 5.54 Å². The number of aliphatic hydroxyl groups is 1. The number of rotatable bonds is 3. The second-order valence-electron chi connectivity index (χ2n) is 8.12. The number of nitrogens with one attached hydrogen (secondary N) is 1. The van der Waals surface area contributed by atoms with Crippen LogP contribution < -0.4 is 5.32 Å². The molecule has 5 aliphatic rings. The van der Waals surface area contributed by atoms with E-state index in [1.54, 1.807) is 0 Å². The van der Waals surface area contributed by atoms with Crippen molar-refractivity contribution in [2.45, 2.75) is 82.0 Å². The third kappa shape index (κ3) is 2.01. The predicted molar refractivity (Wildman–Crippen MR) is 82.3 cm³/mol. The van der Waals surface area contributed by atoms with Crippen molar-refractivity contribution < 1.29 is 14.6 Å². The zero-order valence-corrected chi connectivity index (χ0v) is 13.5. The van der Waals surface area contributed by atoms with Crippen LogP contribution in [0.15, 0.2) is 4.99 Å². The highest BCUT2D eigenvalue weighted by Gasteiger charge is 2.58. The van der Waals surface area contributed by atoms with Gasteiger partial charge in [0.2, 0.25) is 0 Å². The first-order valence-corrected chi connectivity index (χ1v) is 8.73. The molecule has 4 saturated carbocycles. The van der Waals surface area contributed by atoms with E-state index < -0.39 is 11.2 Å². The number of amidine groups is 1. The minimum atomic E-state index is -0.776. The van der Waals surface area contributed by atoms with E-state index in [9.17, 15) is 9.90 Å². The molecule has 0 aromatic rings. The van der Waals surface area contributed by atoms with Crippen LogP contribution in [0, 0.1) is 11.8 Å². The lowest BCUT2D eigenvalue weighted by molar-refractivity contribution is -0.140. The maximum Gasteiger partial charge on any atom is 0.294 e. The second-order valence-corrected chi connectivity index (χ2v) is 8.12. The average Bonchev–Trinajstić information content (AvgIpc) is 2.71. The lowest BCUT2D eigenvalue weighted by atomic mass is 9.51. The third-order valence-corrected chi connectivity index (χ3v) is 6.43. The molecule has 2 atom stereocenters. The van der Waals surface area contributed by atoms with Crippen LogP contribution in [-0.4, -0.2) is 33.8 Å². The van der Waals surface area contributed by atoms with Crippen molar-refractivity contribution in [2.75, 3.05) is 0 Å². The number of amides is 1. The first-order valence-electron chi connectivity index (χ1n) is 8.73. The molecule has 0 saturated heterocycles. The van der Waals surface area contributed by atoms with Crippen molar-refractivity contribution in [3.63, 3.8) is 0 Å². The monoisotopic (exact) mass is 306 g/mol. The SMILES string of the molecule is CCC1(CC)OC(NC23CC4CC(CC(O)(C4)C2)C3)=NC1=O. The summed E-state index contributed by atoms with van der Waals surface area (Å²) in [7, 11) is 0. The maximum absolute atomic E-state index is 12.2. The quantitative estimate of drug-likeness (QED) is 0.838. The summed E-state index contributed by atoms with van der Waals surface area (Å²) in [5.74, 6) is 1.03. The van der Waals surface area contributed by atoms with Crippen LogP contribution in [0.4, 0.5) is 0 Å². The van der Waals surface area contributed by atoms with Gasteiger partial charge in [-0.05, 0) is 63.2 Å². The highest BCUT2D eigenvalue weighted by atomic mass is 16.5. The molecule has 22 heavy (non-hydrogen) atoms. The predicted octanol–water partition coefficient (Wildman–Crippen LogP) is 2.13. The van der Waals surface area contributed by atoms with Crippen molar-refractivity contribution in [1.82, 2.24) is 5.32 Å². The number of nitrogens with zero attached hydrogens (tertiary/aromatic N) is 1. The number of ether oxygens (including phenoxy) is 1. The fraction of sp³-hybridized carbons (Fsp3) is 0.882. The Balaban J connectivity index is 1.55. The molecule has 1 amide bonds. The van der Waals surface area contributed by atoms with Gasteiger partial charge in [0.05, 0.1) is 5.60 Å². The molecule has 1 heterocycles. The van der Waals surface area contributed by atoms with E-state index in [2.05, 4.69) is 10.3 Å². The topological polar surface area (TPSA) is 70.9 Å². The molecule has 2 unspecified atom stereocenters. The molecule has 2 N–H and O–H groups in total. The van der Waals surface area contributed by atoms with E-state index in [1.807, 2.05) is 13.8 Å². The van der Waals surface area contributed by atoms with E-state index in [1.165, 1.54) is 6.42 Å². The molecule has 5 rings (SSSR count). The fourth-order valence-corrected chi connectivity index (χ4v) is 5.78. The van der Waals surface area contributed by atoms with E-state index in [4.69, 9.17) is 4.74 Å². The van der Waals surface area contributed by atoms with Crippen LogP contribution in [-0.2, 0) is 9.53 Å². The highest BCUT2D eigenvalue weighted by molar-refractivity contribution is 6.01. The molecule has 4 fully saturated rings. The summed E-state index contributed by atoms with van der Waals surface area (Å²) in [4.78, 5) is 16.4. The molecule has 0 radical (unpaired) electrons.